The molecule has 0 bridgehead atoms. The van der Waals surface area contributed by atoms with E-state index in [-0.39, 0.29) is 12.5 Å². The lowest BCUT2D eigenvalue weighted by atomic mass is 10.2. The Hall–Kier alpha value is -2.18. The van der Waals surface area contributed by atoms with Crippen LogP contribution in [0.4, 0.5) is 0 Å². The van der Waals surface area contributed by atoms with E-state index in [1.165, 1.54) is 0 Å². The van der Waals surface area contributed by atoms with E-state index in [0.717, 1.165) is 26.7 Å². The first-order valence-electron chi connectivity index (χ1n) is 7.48. The number of thiazole rings is 1. The van der Waals surface area contributed by atoms with Crippen molar-refractivity contribution in [2.75, 3.05) is 6.54 Å². The Balaban J connectivity index is 1.94. The summed E-state index contributed by atoms with van der Waals surface area (Å²) in [5, 5.41) is 12.9. The van der Waals surface area contributed by atoms with Gasteiger partial charge >= 0.3 is 0 Å². The summed E-state index contributed by atoms with van der Waals surface area (Å²) in [5.74, 6) is -0.184. The number of aromatic nitrogens is 2. The van der Waals surface area contributed by atoms with Gasteiger partial charge in [0.05, 0.1) is 16.3 Å². The monoisotopic (exact) mass is 329 g/mol. The van der Waals surface area contributed by atoms with Gasteiger partial charge in [0.15, 0.2) is 5.13 Å². The van der Waals surface area contributed by atoms with Crippen LogP contribution < -0.4 is 5.32 Å². The number of fused-ring (bicyclic) bond motifs is 1. The molecule has 0 aliphatic heterocycles. The Morgan fingerprint density at radius 3 is 2.65 bits per heavy atom. The van der Waals surface area contributed by atoms with Crippen molar-refractivity contribution < 1.29 is 9.90 Å². The minimum atomic E-state index is -0.558. The Bertz CT molecular complexity index is 844. The van der Waals surface area contributed by atoms with E-state index in [2.05, 4.69) is 27.0 Å². The number of nitrogens with zero attached hydrogens (tertiary/aromatic N) is 2. The maximum Gasteiger partial charge on any atom is 0.251 e. The van der Waals surface area contributed by atoms with Crippen LogP contribution in [0.2, 0.25) is 0 Å². The molecule has 3 rings (SSSR count). The van der Waals surface area contributed by atoms with Gasteiger partial charge in [0.1, 0.15) is 0 Å². The number of hydrogen-bond acceptors (Lipinski definition) is 4. The molecule has 0 radical (unpaired) electrons. The van der Waals surface area contributed by atoms with Crippen LogP contribution in [0.3, 0.4) is 0 Å². The van der Waals surface area contributed by atoms with Gasteiger partial charge < -0.3 is 10.4 Å². The molecule has 1 atom stereocenters. The number of rotatable bonds is 4. The zero-order chi connectivity index (χ0) is 16.6. The third-order valence-electron chi connectivity index (χ3n) is 3.66. The molecule has 23 heavy (non-hydrogen) atoms. The van der Waals surface area contributed by atoms with Crippen LogP contribution in [-0.2, 0) is 0 Å². The fraction of sp³-hybridized carbons (Fsp3) is 0.294. The fourth-order valence-electron chi connectivity index (χ4n) is 2.46. The number of aliphatic hydroxyl groups is 1. The van der Waals surface area contributed by atoms with Gasteiger partial charge in [-0.05, 0) is 51.1 Å². The molecule has 2 heterocycles. The van der Waals surface area contributed by atoms with Crippen LogP contribution >= 0.6 is 11.3 Å². The molecule has 6 heteroatoms. The highest BCUT2D eigenvalue weighted by Gasteiger charge is 2.12. The molecule has 0 saturated heterocycles. The van der Waals surface area contributed by atoms with Gasteiger partial charge in [0, 0.05) is 23.5 Å². The van der Waals surface area contributed by atoms with E-state index >= 15 is 0 Å². The third kappa shape index (κ3) is 3.13. The van der Waals surface area contributed by atoms with Crippen LogP contribution in [0.25, 0.3) is 15.3 Å². The number of nitrogens with one attached hydrogen (secondary N) is 1. The molecule has 1 amide bonds. The smallest absolute Gasteiger partial charge is 0.251 e. The largest absolute Gasteiger partial charge is 0.392 e. The molecule has 0 spiro atoms. The molecule has 5 nitrogen and oxygen atoms in total. The van der Waals surface area contributed by atoms with E-state index < -0.39 is 6.10 Å². The first kappa shape index (κ1) is 15.7. The standard InChI is InChI=1S/C17H19N3O2S/c1-10-4-5-11(2)20(10)17-19-14-7-6-13(8-15(14)23-17)16(22)18-9-12(3)21/h4-8,12,21H,9H2,1-3H3,(H,18,22)/t12-/m1/s1. The molecule has 0 aliphatic rings. The predicted molar refractivity (Wildman–Crippen MR) is 92.4 cm³/mol. The van der Waals surface area contributed by atoms with Crippen molar-refractivity contribution in [3.8, 4) is 5.13 Å². The quantitative estimate of drug-likeness (QED) is 0.773. The second-order valence-corrected chi connectivity index (χ2v) is 6.70. The van der Waals surface area contributed by atoms with Crippen LogP contribution in [0.1, 0.15) is 28.7 Å². The van der Waals surface area contributed by atoms with Gasteiger partial charge in [-0.15, -0.1) is 0 Å². The summed E-state index contributed by atoms with van der Waals surface area (Å²) >= 11 is 1.56. The third-order valence-corrected chi connectivity index (χ3v) is 4.66. The summed E-state index contributed by atoms with van der Waals surface area (Å²) in [5.41, 5.74) is 3.73. The minimum Gasteiger partial charge on any atom is -0.392 e. The van der Waals surface area contributed by atoms with Crippen molar-refractivity contribution >= 4 is 27.5 Å². The number of aryl methyl sites for hydroxylation is 2. The molecule has 1 aromatic carbocycles. The lowest BCUT2D eigenvalue weighted by molar-refractivity contribution is 0.0924. The van der Waals surface area contributed by atoms with Crippen LogP contribution in [0.5, 0.6) is 0 Å². The Kier molecular flexibility index (Phi) is 4.19. The van der Waals surface area contributed by atoms with Crippen molar-refractivity contribution in [1.29, 1.82) is 0 Å². The predicted octanol–water partition coefficient (Wildman–Crippen LogP) is 2.81. The number of carbonyl (C=O) groups is 1. The summed E-state index contributed by atoms with van der Waals surface area (Å²) in [7, 11) is 0. The molecule has 0 saturated carbocycles. The van der Waals surface area contributed by atoms with E-state index in [0.29, 0.717) is 5.56 Å². The van der Waals surface area contributed by atoms with Crippen molar-refractivity contribution in [3.63, 3.8) is 0 Å². The van der Waals surface area contributed by atoms with Crippen molar-refractivity contribution in [2.45, 2.75) is 26.9 Å². The minimum absolute atomic E-state index is 0.184. The molecule has 0 aliphatic carbocycles. The second-order valence-electron chi connectivity index (χ2n) is 5.69. The first-order valence-corrected chi connectivity index (χ1v) is 8.29. The van der Waals surface area contributed by atoms with Crippen molar-refractivity contribution in [1.82, 2.24) is 14.9 Å². The van der Waals surface area contributed by atoms with Crippen molar-refractivity contribution in [3.05, 3.63) is 47.3 Å². The van der Waals surface area contributed by atoms with Crippen LogP contribution in [0, 0.1) is 13.8 Å². The second kappa shape index (κ2) is 6.14. The Morgan fingerprint density at radius 2 is 2.00 bits per heavy atom. The summed E-state index contributed by atoms with van der Waals surface area (Å²) in [6.45, 7) is 5.98. The molecule has 2 aromatic heterocycles. The topological polar surface area (TPSA) is 67.2 Å². The summed E-state index contributed by atoms with van der Waals surface area (Å²) in [6.07, 6.45) is -0.558. The summed E-state index contributed by atoms with van der Waals surface area (Å²) in [6, 6.07) is 9.61. The van der Waals surface area contributed by atoms with Gasteiger partial charge in [-0.2, -0.15) is 0 Å². The lowest BCUT2D eigenvalue weighted by Crippen LogP contribution is -2.30. The van der Waals surface area contributed by atoms with Gasteiger partial charge in [0.2, 0.25) is 0 Å². The number of benzene rings is 1. The molecule has 2 N–H and O–H groups in total. The maximum atomic E-state index is 12.1. The molecular formula is C17H19N3O2S. The van der Waals surface area contributed by atoms with Gasteiger partial charge in [0.25, 0.3) is 5.91 Å². The summed E-state index contributed by atoms with van der Waals surface area (Å²) < 4.78 is 3.08. The molecule has 0 fully saturated rings. The van der Waals surface area contributed by atoms with E-state index in [1.54, 1.807) is 24.3 Å². The number of amides is 1. The zero-order valence-corrected chi connectivity index (χ0v) is 14.1. The highest BCUT2D eigenvalue weighted by molar-refractivity contribution is 7.20. The average molecular weight is 329 g/mol. The number of carbonyl (C=O) groups excluding carboxylic acids is 1. The average Bonchev–Trinajstić information content (AvgIpc) is 3.06. The Morgan fingerprint density at radius 1 is 1.30 bits per heavy atom. The fourth-order valence-corrected chi connectivity index (χ4v) is 3.59. The van der Waals surface area contributed by atoms with E-state index in [9.17, 15) is 9.90 Å². The molecule has 3 aromatic rings. The van der Waals surface area contributed by atoms with Gasteiger partial charge in [-0.3, -0.25) is 9.36 Å². The number of hydrogen-bond donors (Lipinski definition) is 2. The van der Waals surface area contributed by atoms with Crippen LogP contribution in [-0.4, -0.2) is 33.2 Å². The highest BCUT2D eigenvalue weighted by Crippen LogP contribution is 2.28. The SMILES string of the molecule is Cc1ccc(C)n1-c1nc2ccc(C(=O)NC[C@@H](C)O)cc2s1. The Labute approximate surface area is 138 Å². The van der Waals surface area contributed by atoms with Gasteiger partial charge in [-0.1, -0.05) is 11.3 Å². The lowest BCUT2D eigenvalue weighted by Gasteiger charge is -2.06. The first-order chi connectivity index (χ1) is 11.0. The molecular weight excluding hydrogens is 310 g/mol. The van der Waals surface area contributed by atoms with E-state index in [1.807, 2.05) is 26.0 Å². The van der Waals surface area contributed by atoms with Crippen molar-refractivity contribution in [2.24, 2.45) is 0 Å². The molecule has 0 unspecified atom stereocenters. The van der Waals surface area contributed by atoms with E-state index in [4.69, 9.17) is 0 Å². The normalized spacial score (nSPS) is 12.5. The van der Waals surface area contributed by atoms with Gasteiger partial charge in [-0.25, -0.2) is 4.98 Å². The maximum absolute atomic E-state index is 12.1. The zero-order valence-electron chi connectivity index (χ0n) is 13.3. The highest BCUT2D eigenvalue weighted by atomic mass is 32.1. The number of aliphatic hydroxyl groups excluding tert-OH is 1. The summed E-state index contributed by atoms with van der Waals surface area (Å²) in [4.78, 5) is 16.8. The molecule has 120 valence electrons. The van der Waals surface area contributed by atoms with Crippen LogP contribution in [0.15, 0.2) is 30.3 Å².